The fraction of sp³-hybridized carbons (Fsp3) is 0.846. The molecule has 0 bridgehead atoms. The largest absolute Gasteiger partial charge is 0.444 e. The van der Waals surface area contributed by atoms with Crippen molar-refractivity contribution in [3.63, 3.8) is 0 Å². The van der Waals surface area contributed by atoms with E-state index in [1.807, 2.05) is 0 Å². The maximum absolute atomic E-state index is 11.8. The number of nitrogens with zero attached hydrogens (tertiary/aromatic N) is 2. The summed E-state index contributed by atoms with van der Waals surface area (Å²) in [6.07, 6.45) is 0.0334. The fourth-order valence-electron chi connectivity index (χ4n) is 2.07. The van der Waals surface area contributed by atoms with E-state index in [1.165, 1.54) is 9.80 Å². The average Bonchev–Trinajstić information content (AvgIpc) is 2.68. The Kier molecular flexibility index (Phi) is 6.09. The summed E-state index contributed by atoms with van der Waals surface area (Å²) >= 11 is 0. The first-order valence-corrected chi connectivity index (χ1v) is 9.43. The molecule has 1 aliphatic rings. The fourth-order valence-corrected chi connectivity index (χ4v) is 3.13. The molecule has 128 valence electrons. The third kappa shape index (κ3) is 6.00. The number of ether oxygens (including phenoxy) is 1. The van der Waals surface area contributed by atoms with Crippen molar-refractivity contribution in [2.75, 3.05) is 26.7 Å². The number of halogens is 1. The lowest BCUT2D eigenvalue weighted by Gasteiger charge is -2.25. The zero-order valence-corrected chi connectivity index (χ0v) is 14.9. The van der Waals surface area contributed by atoms with Gasteiger partial charge in [-0.3, -0.25) is 4.79 Å². The first kappa shape index (κ1) is 19.0. The van der Waals surface area contributed by atoms with Crippen molar-refractivity contribution in [1.29, 1.82) is 0 Å². The number of amides is 2. The van der Waals surface area contributed by atoms with Crippen LogP contribution in [-0.4, -0.2) is 67.8 Å². The van der Waals surface area contributed by atoms with Crippen molar-refractivity contribution in [2.45, 2.75) is 44.5 Å². The standard InChI is InChI=1S/C13H23ClN2O5S/c1-13(2,3)21-12(18)15(4)6-5-7-16-9-10(8-11(16)17)22(14,19)20/h10H,5-9H2,1-4H3. The molecule has 2 amide bonds. The number of carbonyl (C=O) groups excluding carboxylic acids is 2. The Morgan fingerprint density at radius 1 is 1.45 bits per heavy atom. The van der Waals surface area contributed by atoms with Crippen molar-refractivity contribution < 1.29 is 22.7 Å². The van der Waals surface area contributed by atoms with E-state index in [2.05, 4.69) is 0 Å². The van der Waals surface area contributed by atoms with Crippen LogP contribution in [0.5, 0.6) is 0 Å². The zero-order valence-electron chi connectivity index (χ0n) is 13.3. The summed E-state index contributed by atoms with van der Waals surface area (Å²) < 4.78 is 27.7. The summed E-state index contributed by atoms with van der Waals surface area (Å²) in [6, 6.07) is 0. The van der Waals surface area contributed by atoms with Crippen molar-refractivity contribution in [3.8, 4) is 0 Å². The number of likely N-dealkylation sites (tertiary alicyclic amines) is 1. The number of hydrogen-bond donors (Lipinski definition) is 0. The lowest BCUT2D eigenvalue weighted by molar-refractivity contribution is -0.127. The maximum Gasteiger partial charge on any atom is 0.410 e. The van der Waals surface area contributed by atoms with Crippen LogP contribution in [0.25, 0.3) is 0 Å². The molecule has 9 heteroatoms. The summed E-state index contributed by atoms with van der Waals surface area (Å²) in [7, 11) is 3.18. The van der Waals surface area contributed by atoms with Gasteiger partial charge in [0.2, 0.25) is 15.0 Å². The molecule has 1 heterocycles. The van der Waals surface area contributed by atoms with Crippen LogP contribution in [0.1, 0.15) is 33.6 Å². The quantitative estimate of drug-likeness (QED) is 0.697. The van der Waals surface area contributed by atoms with Gasteiger partial charge in [-0.2, -0.15) is 0 Å². The molecular formula is C13H23ClN2O5S. The Hall–Kier alpha value is -1.02. The van der Waals surface area contributed by atoms with Gasteiger partial charge in [0.05, 0.1) is 0 Å². The van der Waals surface area contributed by atoms with Gasteiger partial charge in [-0.15, -0.1) is 0 Å². The molecule has 1 saturated heterocycles. The van der Waals surface area contributed by atoms with Crippen molar-refractivity contribution in [3.05, 3.63) is 0 Å². The third-order valence-electron chi connectivity index (χ3n) is 3.20. The lowest BCUT2D eigenvalue weighted by Crippen LogP contribution is -2.36. The van der Waals surface area contributed by atoms with Gasteiger partial charge in [0, 0.05) is 43.8 Å². The highest BCUT2D eigenvalue weighted by Gasteiger charge is 2.36. The van der Waals surface area contributed by atoms with E-state index in [9.17, 15) is 18.0 Å². The van der Waals surface area contributed by atoms with Gasteiger partial charge in [-0.25, -0.2) is 13.2 Å². The van der Waals surface area contributed by atoms with Crippen LogP contribution in [0.4, 0.5) is 4.79 Å². The van der Waals surface area contributed by atoms with Crippen molar-refractivity contribution in [2.24, 2.45) is 0 Å². The summed E-state index contributed by atoms with van der Waals surface area (Å²) in [5.74, 6) is -0.228. The zero-order chi connectivity index (χ0) is 17.1. The predicted octanol–water partition coefficient (Wildman–Crippen LogP) is 1.41. The maximum atomic E-state index is 11.8. The van der Waals surface area contributed by atoms with Gasteiger partial charge in [0.15, 0.2) is 0 Å². The number of hydrogen-bond acceptors (Lipinski definition) is 5. The molecule has 0 aromatic rings. The SMILES string of the molecule is CN(CCCN1CC(S(=O)(=O)Cl)CC1=O)C(=O)OC(C)(C)C. The first-order chi connectivity index (χ1) is 9.90. The molecule has 1 fully saturated rings. The minimum absolute atomic E-state index is 0.0757. The molecule has 22 heavy (non-hydrogen) atoms. The minimum Gasteiger partial charge on any atom is -0.444 e. The van der Waals surface area contributed by atoms with Crippen LogP contribution >= 0.6 is 10.7 Å². The smallest absolute Gasteiger partial charge is 0.410 e. The van der Waals surface area contributed by atoms with Crippen LogP contribution in [0, 0.1) is 0 Å². The highest BCUT2D eigenvalue weighted by Crippen LogP contribution is 2.21. The minimum atomic E-state index is -3.72. The lowest BCUT2D eigenvalue weighted by atomic mass is 10.2. The van der Waals surface area contributed by atoms with E-state index < -0.39 is 26.0 Å². The Morgan fingerprint density at radius 2 is 2.05 bits per heavy atom. The van der Waals surface area contributed by atoms with E-state index in [0.29, 0.717) is 19.5 Å². The topological polar surface area (TPSA) is 84.0 Å². The van der Waals surface area contributed by atoms with E-state index in [-0.39, 0.29) is 18.9 Å². The molecular weight excluding hydrogens is 332 g/mol. The molecule has 1 rings (SSSR count). The molecule has 0 radical (unpaired) electrons. The number of carbonyl (C=O) groups is 2. The van der Waals surface area contributed by atoms with Gasteiger partial charge >= 0.3 is 6.09 Å². The highest BCUT2D eigenvalue weighted by molar-refractivity contribution is 8.14. The van der Waals surface area contributed by atoms with Gasteiger partial charge in [-0.05, 0) is 27.2 Å². The molecule has 0 spiro atoms. The van der Waals surface area contributed by atoms with Gasteiger partial charge in [-0.1, -0.05) is 0 Å². The van der Waals surface area contributed by atoms with Gasteiger partial charge < -0.3 is 14.5 Å². The van der Waals surface area contributed by atoms with Crippen LogP contribution in [-0.2, 0) is 18.6 Å². The molecule has 1 aliphatic heterocycles. The van der Waals surface area contributed by atoms with Crippen LogP contribution in [0.15, 0.2) is 0 Å². The Balaban J connectivity index is 2.39. The van der Waals surface area contributed by atoms with E-state index in [0.717, 1.165) is 0 Å². The normalized spacial score (nSPS) is 19.4. The van der Waals surface area contributed by atoms with Crippen LogP contribution < -0.4 is 0 Å². The Bertz CT molecular complexity index is 529. The van der Waals surface area contributed by atoms with E-state index >= 15 is 0 Å². The Morgan fingerprint density at radius 3 is 2.50 bits per heavy atom. The average molecular weight is 355 g/mol. The second-order valence-electron chi connectivity index (χ2n) is 6.40. The second-order valence-corrected chi connectivity index (χ2v) is 9.31. The Labute approximate surface area is 136 Å². The van der Waals surface area contributed by atoms with Crippen molar-refractivity contribution >= 4 is 31.7 Å². The highest BCUT2D eigenvalue weighted by atomic mass is 35.7. The monoisotopic (exact) mass is 354 g/mol. The second kappa shape index (κ2) is 7.04. The predicted molar refractivity (Wildman–Crippen MR) is 83.2 cm³/mol. The molecule has 0 N–H and O–H groups in total. The summed E-state index contributed by atoms with van der Waals surface area (Å²) in [5, 5.41) is -0.842. The molecule has 0 aliphatic carbocycles. The first-order valence-electron chi connectivity index (χ1n) is 7.05. The van der Waals surface area contributed by atoms with Crippen LogP contribution in [0.2, 0.25) is 0 Å². The van der Waals surface area contributed by atoms with E-state index in [4.69, 9.17) is 15.4 Å². The third-order valence-corrected chi connectivity index (χ3v) is 5.07. The summed E-state index contributed by atoms with van der Waals surface area (Å²) in [5.41, 5.74) is -0.557. The van der Waals surface area contributed by atoms with E-state index in [1.54, 1.807) is 27.8 Å². The molecule has 7 nitrogen and oxygen atoms in total. The number of rotatable bonds is 5. The van der Waals surface area contributed by atoms with Gasteiger partial charge in [0.25, 0.3) is 0 Å². The molecule has 0 aromatic heterocycles. The van der Waals surface area contributed by atoms with Gasteiger partial charge in [0.1, 0.15) is 10.9 Å². The molecule has 0 saturated carbocycles. The molecule has 0 aromatic carbocycles. The summed E-state index contributed by atoms with van der Waals surface area (Å²) in [4.78, 5) is 26.4. The summed E-state index contributed by atoms with van der Waals surface area (Å²) in [6.45, 7) is 6.27. The molecule has 1 unspecified atom stereocenters. The van der Waals surface area contributed by atoms with Crippen LogP contribution in [0.3, 0.4) is 0 Å². The van der Waals surface area contributed by atoms with Crippen molar-refractivity contribution in [1.82, 2.24) is 9.80 Å². The molecule has 1 atom stereocenters.